The Morgan fingerprint density at radius 2 is 1.93 bits per heavy atom. The number of aromatic nitrogens is 3. The summed E-state index contributed by atoms with van der Waals surface area (Å²) in [5.74, 6) is 1.39. The van der Waals surface area contributed by atoms with E-state index in [0.29, 0.717) is 17.5 Å². The molecule has 2 aromatic rings. The van der Waals surface area contributed by atoms with E-state index in [9.17, 15) is 5.11 Å². The van der Waals surface area contributed by atoms with Gasteiger partial charge in [0, 0.05) is 10.4 Å². The molecule has 0 bridgehead atoms. The van der Waals surface area contributed by atoms with Crippen LogP contribution in [0.2, 0.25) is 5.02 Å². The molecule has 0 aliphatic heterocycles. The molecule has 2 unspecified atom stereocenters. The second-order valence-corrected chi connectivity index (χ2v) is 8.80. The molecule has 5 nitrogen and oxygen atoms in total. The van der Waals surface area contributed by atoms with Crippen LogP contribution >= 0.6 is 11.6 Å². The summed E-state index contributed by atoms with van der Waals surface area (Å²) >= 11 is 5.93. The predicted octanol–water partition coefficient (Wildman–Crippen LogP) is 4.91. The first kappa shape index (κ1) is 20.2. The van der Waals surface area contributed by atoms with Gasteiger partial charge in [-0.3, -0.25) is 0 Å². The molecule has 0 saturated heterocycles. The molecule has 1 aromatic carbocycles. The lowest BCUT2D eigenvalue weighted by atomic mass is 9.77. The van der Waals surface area contributed by atoms with Crippen molar-refractivity contribution in [2.75, 3.05) is 6.61 Å². The first-order valence-electron chi connectivity index (χ1n) is 9.86. The Kier molecular flexibility index (Phi) is 6.77. The van der Waals surface area contributed by atoms with Crippen LogP contribution < -0.4 is 4.74 Å². The Balaban J connectivity index is 1.68. The van der Waals surface area contributed by atoms with Crippen LogP contribution in [0.25, 0.3) is 0 Å². The average molecular weight is 392 g/mol. The smallest absolute Gasteiger partial charge is 0.137 e. The number of hydrogen-bond acceptors (Lipinski definition) is 4. The summed E-state index contributed by atoms with van der Waals surface area (Å²) in [6.07, 6.45) is 9.96. The Hall–Kier alpha value is -1.59. The van der Waals surface area contributed by atoms with Gasteiger partial charge in [0.25, 0.3) is 0 Å². The quantitative estimate of drug-likeness (QED) is 0.694. The molecular weight excluding hydrogens is 362 g/mol. The molecular formula is C21H30ClN3O2. The molecule has 1 saturated carbocycles. The minimum atomic E-state index is -0.589. The van der Waals surface area contributed by atoms with E-state index in [1.54, 1.807) is 6.33 Å². The number of rotatable bonds is 8. The molecule has 0 radical (unpaired) electrons. The fourth-order valence-electron chi connectivity index (χ4n) is 3.94. The summed E-state index contributed by atoms with van der Waals surface area (Å²) in [4.78, 5) is 4.10. The van der Waals surface area contributed by atoms with Crippen molar-refractivity contribution in [3.8, 4) is 5.75 Å². The summed E-state index contributed by atoms with van der Waals surface area (Å²) in [7, 11) is 0. The lowest BCUT2D eigenvalue weighted by Crippen LogP contribution is -2.42. The van der Waals surface area contributed by atoms with Gasteiger partial charge in [-0.05, 0) is 36.6 Å². The zero-order valence-corrected chi connectivity index (χ0v) is 17.0. The van der Waals surface area contributed by atoms with Crippen molar-refractivity contribution in [3.63, 3.8) is 0 Å². The van der Waals surface area contributed by atoms with Crippen molar-refractivity contribution >= 4 is 11.6 Å². The summed E-state index contributed by atoms with van der Waals surface area (Å²) in [6.45, 7) is 4.49. The molecule has 3 rings (SSSR count). The number of halogens is 1. The summed E-state index contributed by atoms with van der Waals surface area (Å²) in [5, 5.41) is 16.3. The molecule has 1 aliphatic rings. The molecule has 27 heavy (non-hydrogen) atoms. The zero-order chi connectivity index (χ0) is 19.3. The van der Waals surface area contributed by atoms with E-state index in [1.807, 2.05) is 42.8 Å². The maximum absolute atomic E-state index is 11.3. The van der Waals surface area contributed by atoms with E-state index in [4.69, 9.17) is 16.3 Å². The number of nitrogens with zero attached hydrogens (tertiary/aromatic N) is 3. The lowest BCUT2D eigenvalue weighted by molar-refractivity contribution is -0.0304. The van der Waals surface area contributed by atoms with E-state index in [2.05, 4.69) is 10.1 Å². The third-order valence-corrected chi connectivity index (χ3v) is 5.92. The van der Waals surface area contributed by atoms with Gasteiger partial charge in [-0.25, -0.2) is 9.67 Å². The SMILES string of the molecule is CC(C)(COc1ccc(Cl)cc1)C(O)C(CC1CCCCC1)n1cncn1. The van der Waals surface area contributed by atoms with E-state index >= 15 is 0 Å². The highest BCUT2D eigenvalue weighted by Gasteiger charge is 2.38. The van der Waals surface area contributed by atoms with Crippen molar-refractivity contribution in [2.24, 2.45) is 11.3 Å². The van der Waals surface area contributed by atoms with Crippen LogP contribution in [0, 0.1) is 11.3 Å². The lowest BCUT2D eigenvalue weighted by Gasteiger charge is -2.37. The highest BCUT2D eigenvalue weighted by Crippen LogP contribution is 2.37. The van der Waals surface area contributed by atoms with Crippen LogP contribution in [0.3, 0.4) is 0 Å². The van der Waals surface area contributed by atoms with Gasteiger partial charge in [0.2, 0.25) is 0 Å². The topological polar surface area (TPSA) is 60.2 Å². The van der Waals surface area contributed by atoms with E-state index < -0.39 is 11.5 Å². The van der Waals surface area contributed by atoms with Crippen LogP contribution in [-0.4, -0.2) is 32.6 Å². The molecule has 1 aromatic heterocycles. The summed E-state index contributed by atoms with van der Waals surface area (Å²) < 4.78 is 7.76. The van der Waals surface area contributed by atoms with Gasteiger partial charge in [-0.1, -0.05) is 57.6 Å². The second-order valence-electron chi connectivity index (χ2n) is 8.36. The molecule has 1 fully saturated rings. The standard InChI is InChI=1S/C21H30ClN3O2/c1-21(2,13-27-18-10-8-17(22)9-11-18)20(26)19(25-15-23-14-24-25)12-16-6-4-3-5-7-16/h8-11,14-16,19-20,26H,3-7,12-13H2,1-2H3. The minimum absolute atomic E-state index is 0.0978. The third-order valence-electron chi connectivity index (χ3n) is 5.67. The second kappa shape index (κ2) is 9.07. The van der Waals surface area contributed by atoms with Crippen molar-refractivity contribution < 1.29 is 9.84 Å². The van der Waals surface area contributed by atoms with Gasteiger partial charge in [0.15, 0.2) is 0 Å². The van der Waals surface area contributed by atoms with Crippen LogP contribution in [0.1, 0.15) is 58.4 Å². The van der Waals surface area contributed by atoms with Gasteiger partial charge >= 0.3 is 0 Å². The van der Waals surface area contributed by atoms with Crippen molar-refractivity contribution in [1.82, 2.24) is 14.8 Å². The Bertz CT molecular complexity index is 682. The van der Waals surface area contributed by atoms with Crippen molar-refractivity contribution in [3.05, 3.63) is 41.9 Å². The number of ether oxygens (including phenoxy) is 1. The first-order chi connectivity index (χ1) is 13.0. The normalized spacial score (nSPS) is 18.2. The fraction of sp³-hybridized carbons (Fsp3) is 0.619. The number of aliphatic hydroxyl groups excluding tert-OH is 1. The van der Waals surface area contributed by atoms with Gasteiger partial charge in [-0.15, -0.1) is 0 Å². The fourth-order valence-corrected chi connectivity index (χ4v) is 4.07. The number of aliphatic hydroxyl groups is 1. The third kappa shape index (κ3) is 5.45. The van der Waals surface area contributed by atoms with Gasteiger partial charge in [-0.2, -0.15) is 5.10 Å². The Labute approximate surface area is 166 Å². The van der Waals surface area contributed by atoms with Gasteiger partial charge < -0.3 is 9.84 Å². The number of benzene rings is 1. The van der Waals surface area contributed by atoms with E-state index in [-0.39, 0.29) is 6.04 Å². The highest BCUT2D eigenvalue weighted by atomic mass is 35.5. The predicted molar refractivity (Wildman–Crippen MR) is 107 cm³/mol. The molecule has 1 N–H and O–H groups in total. The van der Waals surface area contributed by atoms with Gasteiger partial charge in [0.05, 0.1) is 18.8 Å². The van der Waals surface area contributed by atoms with Crippen LogP contribution in [0.4, 0.5) is 0 Å². The Morgan fingerprint density at radius 1 is 1.22 bits per heavy atom. The number of hydrogen-bond donors (Lipinski definition) is 1. The Morgan fingerprint density at radius 3 is 2.56 bits per heavy atom. The maximum Gasteiger partial charge on any atom is 0.137 e. The summed E-state index contributed by atoms with van der Waals surface area (Å²) in [6, 6.07) is 7.21. The largest absolute Gasteiger partial charge is 0.493 e. The average Bonchev–Trinajstić information content (AvgIpc) is 3.20. The first-order valence-corrected chi connectivity index (χ1v) is 10.2. The monoisotopic (exact) mass is 391 g/mol. The molecule has 6 heteroatoms. The highest BCUT2D eigenvalue weighted by molar-refractivity contribution is 6.30. The summed E-state index contributed by atoms with van der Waals surface area (Å²) in [5.41, 5.74) is -0.440. The van der Waals surface area contributed by atoms with E-state index in [1.165, 1.54) is 38.4 Å². The molecule has 0 spiro atoms. The van der Waals surface area contributed by atoms with Crippen molar-refractivity contribution in [1.29, 1.82) is 0 Å². The molecule has 0 amide bonds. The molecule has 1 aliphatic carbocycles. The zero-order valence-electron chi connectivity index (χ0n) is 16.2. The van der Waals surface area contributed by atoms with Crippen LogP contribution in [0.15, 0.2) is 36.9 Å². The van der Waals surface area contributed by atoms with Crippen molar-refractivity contribution in [2.45, 2.75) is 64.5 Å². The minimum Gasteiger partial charge on any atom is -0.493 e. The maximum atomic E-state index is 11.3. The van der Waals surface area contributed by atoms with Gasteiger partial charge in [0.1, 0.15) is 18.4 Å². The molecule has 148 valence electrons. The molecule has 1 heterocycles. The van der Waals surface area contributed by atoms with E-state index in [0.717, 1.165) is 12.2 Å². The van der Waals surface area contributed by atoms with Crippen LogP contribution in [-0.2, 0) is 0 Å². The molecule has 2 atom stereocenters. The van der Waals surface area contributed by atoms with Crippen LogP contribution in [0.5, 0.6) is 5.75 Å².